The standard InChI is InChI=1S/C10H13N5O4S/c1-15-5-7(4-8(15)10(16)17)20(18,19)13-3-2-9-11-6-12-14-9/h4-6,13H,2-3H2,1H3,(H,16,17)(H,11,12,14). The van der Waals surface area contributed by atoms with Gasteiger partial charge >= 0.3 is 5.97 Å². The summed E-state index contributed by atoms with van der Waals surface area (Å²) in [5.41, 5.74) is -0.0967. The Hall–Kier alpha value is -2.20. The molecule has 10 heteroatoms. The molecule has 0 aliphatic carbocycles. The zero-order valence-corrected chi connectivity index (χ0v) is 11.4. The zero-order chi connectivity index (χ0) is 14.8. The lowest BCUT2D eigenvalue weighted by molar-refractivity contribution is 0.0686. The normalized spacial score (nSPS) is 11.7. The molecular weight excluding hydrogens is 286 g/mol. The van der Waals surface area contributed by atoms with Gasteiger partial charge in [0.25, 0.3) is 0 Å². The van der Waals surface area contributed by atoms with E-state index in [1.165, 1.54) is 24.1 Å². The number of carbonyl (C=O) groups is 1. The summed E-state index contributed by atoms with van der Waals surface area (Å²) >= 11 is 0. The number of hydrogen-bond donors (Lipinski definition) is 3. The van der Waals surface area contributed by atoms with Gasteiger partial charge in [-0.05, 0) is 6.07 Å². The largest absolute Gasteiger partial charge is 0.477 e. The summed E-state index contributed by atoms with van der Waals surface area (Å²) < 4.78 is 27.6. The van der Waals surface area contributed by atoms with Crippen LogP contribution in [0.15, 0.2) is 23.5 Å². The fourth-order valence-corrected chi connectivity index (χ4v) is 2.73. The highest BCUT2D eigenvalue weighted by atomic mass is 32.2. The van der Waals surface area contributed by atoms with E-state index < -0.39 is 16.0 Å². The fourth-order valence-electron chi connectivity index (χ4n) is 1.63. The first kappa shape index (κ1) is 14.2. The maximum atomic E-state index is 12.0. The van der Waals surface area contributed by atoms with Crippen LogP contribution in [0.1, 0.15) is 16.3 Å². The van der Waals surface area contributed by atoms with Gasteiger partial charge in [-0.3, -0.25) is 5.10 Å². The Bertz CT molecular complexity index is 704. The van der Waals surface area contributed by atoms with E-state index in [1.54, 1.807) is 0 Å². The van der Waals surface area contributed by atoms with Crippen molar-refractivity contribution in [1.82, 2.24) is 24.5 Å². The fraction of sp³-hybridized carbons (Fsp3) is 0.300. The molecule has 0 unspecified atom stereocenters. The third-order valence-corrected chi connectivity index (χ3v) is 4.06. The lowest BCUT2D eigenvalue weighted by Gasteiger charge is -2.03. The van der Waals surface area contributed by atoms with Gasteiger partial charge in [-0.15, -0.1) is 0 Å². The molecule has 9 nitrogen and oxygen atoms in total. The van der Waals surface area contributed by atoms with Crippen LogP contribution in [-0.2, 0) is 23.5 Å². The number of sulfonamides is 1. The van der Waals surface area contributed by atoms with Gasteiger partial charge in [-0.1, -0.05) is 0 Å². The van der Waals surface area contributed by atoms with Crippen LogP contribution in [0.3, 0.4) is 0 Å². The predicted octanol–water partition coefficient (Wildman–Crippen LogP) is -0.638. The second kappa shape index (κ2) is 5.43. The van der Waals surface area contributed by atoms with E-state index in [4.69, 9.17) is 5.11 Å². The summed E-state index contributed by atoms with van der Waals surface area (Å²) in [6.45, 7) is 0.134. The lowest BCUT2D eigenvalue weighted by atomic mass is 10.4. The Labute approximate surface area is 114 Å². The minimum absolute atomic E-state index is 0.0880. The molecule has 0 spiro atoms. The van der Waals surface area contributed by atoms with Crippen molar-refractivity contribution in [3.05, 3.63) is 30.1 Å². The smallest absolute Gasteiger partial charge is 0.352 e. The van der Waals surface area contributed by atoms with Crippen LogP contribution in [0.4, 0.5) is 0 Å². The van der Waals surface area contributed by atoms with E-state index in [0.29, 0.717) is 12.2 Å². The van der Waals surface area contributed by atoms with E-state index in [0.717, 1.165) is 6.07 Å². The van der Waals surface area contributed by atoms with Crippen LogP contribution in [0.5, 0.6) is 0 Å². The predicted molar refractivity (Wildman–Crippen MR) is 67.6 cm³/mol. The number of aryl methyl sites for hydroxylation is 1. The van der Waals surface area contributed by atoms with Crippen LogP contribution in [0, 0.1) is 0 Å². The second-order valence-corrected chi connectivity index (χ2v) is 5.82. The van der Waals surface area contributed by atoms with Gasteiger partial charge in [-0.2, -0.15) is 5.10 Å². The van der Waals surface area contributed by atoms with Crippen molar-refractivity contribution in [3.63, 3.8) is 0 Å². The number of nitrogens with zero attached hydrogens (tertiary/aromatic N) is 3. The number of H-pyrrole nitrogens is 1. The number of aromatic nitrogens is 4. The monoisotopic (exact) mass is 299 g/mol. The van der Waals surface area contributed by atoms with Crippen molar-refractivity contribution in [1.29, 1.82) is 0 Å². The van der Waals surface area contributed by atoms with E-state index in [-0.39, 0.29) is 17.1 Å². The van der Waals surface area contributed by atoms with E-state index in [9.17, 15) is 13.2 Å². The van der Waals surface area contributed by atoms with E-state index in [2.05, 4.69) is 19.9 Å². The number of nitrogens with one attached hydrogen (secondary N) is 2. The zero-order valence-electron chi connectivity index (χ0n) is 10.6. The van der Waals surface area contributed by atoms with E-state index in [1.807, 2.05) is 0 Å². The number of hydrogen-bond acceptors (Lipinski definition) is 5. The number of aromatic carboxylic acids is 1. The quantitative estimate of drug-likeness (QED) is 0.650. The van der Waals surface area contributed by atoms with E-state index >= 15 is 0 Å². The summed E-state index contributed by atoms with van der Waals surface area (Å²) in [4.78, 5) is 14.7. The van der Waals surface area contributed by atoms with Crippen LogP contribution >= 0.6 is 0 Å². The van der Waals surface area contributed by atoms with Crippen LogP contribution < -0.4 is 4.72 Å². The molecule has 0 bridgehead atoms. The van der Waals surface area contributed by atoms with Crippen LogP contribution in [0.25, 0.3) is 0 Å². The molecule has 0 radical (unpaired) electrons. The summed E-state index contributed by atoms with van der Waals surface area (Å²) in [7, 11) is -2.28. The maximum Gasteiger partial charge on any atom is 0.352 e. The van der Waals surface area contributed by atoms with Gasteiger partial charge in [0.15, 0.2) is 0 Å². The number of carboxylic acids is 1. The molecule has 0 amide bonds. The molecule has 2 aromatic rings. The number of rotatable bonds is 6. The minimum Gasteiger partial charge on any atom is -0.477 e. The first-order chi connectivity index (χ1) is 9.40. The second-order valence-electron chi connectivity index (χ2n) is 4.06. The third kappa shape index (κ3) is 3.03. The van der Waals surface area contributed by atoms with Crippen LogP contribution in [-0.4, -0.2) is 45.8 Å². The summed E-state index contributed by atoms with van der Waals surface area (Å²) in [5.74, 6) is -0.623. The molecular formula is C10H13N5O4S. The summed E-state index contributed by atoms with van der Waals surface area (Å²) in [6.07, 6.45) is 2.94. The van der Waals surface area contributed by atoms with Crippen molar-refractivity contribution >= 4 is 16.0 Å². The van der Waals surface area contributed by atoms with Crippen molar-refractivity contribution in [2.75, 3.05) is 6.54 Å². The van der Waals surface area contributed by atoms with Gasteiger partial charge in [0, 0.05) is 26.2 Å². The Morgan fingerprint density at radius 3 is 2.85 bits per heavy atom. The molecule has 0 saturated heterocycles. The van der Waals surface area contributed by atoms with Crippen molar-refractivity contribution in [2.24, 2.45) is 7.05 Å². The molecule has 0 aromatic carbocycles. The summed E-state index contributed by atoms with van der Waals surface area (Å²) in [6, 6.07) is 1.11. The van der Waals surface area contributed by atoms with Gasteiger partial charge in [-0.25, -0.2) is 22.9 Å². The molecule has 2 heterocycles. The van der Waals surface area contributed by atoms with Gasteiger partial charge < -0.3 is 9.67 Å². The molecule has 3 N–H and O–H groups in total. The molecule has 0 aliphatic heterocycles. The van der Waals surface area contributed by atoms with Crippen molar-refractivity contribution < 1.29 is 18.3 Å². The molecule has 20 heavy (non-hydrogen) atoms. The Kier molecular flexibility index (Phi) is 3.86. The highest BCUT2D eigenvalue weighted by Crippen LogP contribution is 2.13. The Balaban J connectivity index is 2.06. The van der Waals surface area contributed by atoms with Gasteiger partial charge in [0.2, 0.25) is 10.0 Å². The molecule has 0 fully saturated rings. The molecule has 2 rings (SSSR count). The highest BCUT2D eigenvalue weighted by Gasteiger charge is 2.19. The molecule has 108 valence electrons. The molecule has 2 aromatic heterocycles. The Morgan fingerprint density at radius 2 is 2.30 bits per heavy atom. The average molecular weight is 299 g/mol. The molecule has 0 atom stereocenters. The first-order valence-electron chi connectivity index (χ1n) is 5.64. The summed E-state index contributed by atoms with van der Waals surface area (Å²) in [5, 5.41) is 15.2. The maximum absolute atomic E-state index is 12.0. The van der Waals surface area contributed by atoms with Gasteiger partial charge in [0.1, 0.15) is 22.7 Å². The number of aromatic amines is 1. The van der Waals surface area contributed by atoms with Crippen molar-refractivity contribution in [2.45, 2.75) is 11.3 Å². The SMILES string of the molecule is Cn1cc(S(=O)(=O)NCCc2ncn[nH]2)cc1C(=O)O. The molecule has 0 saturated carbocycles. The number of carboxylic acid groups (broad SMARTS) is 1. The lowest BCUT2D eigenvalue weighted by Crippen LogP contribution is -2.26. The first-order valence-corrected chi connectivity index (χ1v) is 7.12. The topological polar surface area (TPSA) is 130 Å². The average Bonchev–Trinajstić information content (AvgIpc) is 2.98. The Morgan fingerprint density at radius 1 is 1.55 bits per heavy atom. The van der Waals surface area contributed by atoms with Gasteiger partial charge in [0.05, 0.1) is 0 Å². The third-order valence-electron chi connectivity index (χ3n) is 2.63. The minimum atomic E-state index is -3.74. The highest BCUT2D eigenvalue weighted by molar-refractivity contribution is 7.89. The van der Waals surface area contributed by atoms with Crippen molar-refractivity contribution in [3.8, 4) is 0 Å². The van der Waals surface area contributed by atoms with Crippen LogP contribution in [0.2, 0.25) is 0 Å². The molecule has 0 aliphatic rings.